The number of hydrogen-bond acceptors (Lipinski definition) is 5. The number of halogens is 1. The Balaban J connectivity index is 1.81. The van der Waals surface area contributed by atoms with E-state index in [1.807, 2.05) is 0 Å². The van der Waals surface area contributed by atoms with Crippen LogP contribution in [0.5, 0.6) is 0 Å². The molecule has 0 spiro atoms. The maximum atomic E-state index is 5.72. The summed E-state index contributed by atoms with van der Waals surface area (Å²) in [5, 5.41) is 3.38. The molecule has 1 heterocycles. The Hall–Kier alpha value is -1.07. The van der Waals surface area contributed by atoms with Gasteiger partial charge in [-0.15, -0.1) is 0 Å². The Morgan fingerprint density at radius 2 is 2.38 bits per heavy atom. The number of rotatable bonds is 5. The molecule has 0 amide bonds. The lowest BCUT2D eigenvalue weighted by molar-refractivity contribution is 0.337. The van der Waals surface area contributed by atoms with Crippen LogP contribution in [0.4, 0.5) is 11.5 Å². The second kappa shape index (κ2) is 4.84. The predicted octanol–water partition coefficient (Wildman–Crippen LogP) is 1.22. The zero-order valence-corrected chi connectivity index (χ0v) is 10.0. The molecule has 0 aliphatic heterocycles. The van der Waals surface area contributed by atoms with Gasteiger partial charge in [-0.1, -0.05) is 0 Å². The zero-order chi connectivity index (χ0) is 11.5. The van der Waals surface area contributed by atoms with Crippen LogP contribution in [0.25, 0.3) is 0 Å². The average molecular weight is 242 g/mol. The molecule has 0 radical (unpaired) electrons. The largest absolute Gasteiger partial charge is 0.394 e. The first-order valence-corrected chi connectivity index (χ1v) is 5.77. The summed E-state index contributed by atoms with van der Waals surface area (Å²) in [6, 6.07) is 0.771. The molecule has 0 atom stereocenters. The number of aromatic nitrogens is 2. The molecule has 2 rings (SSSR count). The van der Waals surface area contributed by atoms with Crippen LogP contribution < -0.4 is 11.1 Å². The van der Waals surface area contributed by atoms with Gasteiger partial charge in [0.1, 0.15) is 0 Å². The molecule has 6 heteroatoms. The molecule has 1 aromatic rings. The van der Waals surface area contributed by atoms with E-state index in [1.165, 1.54) is 19.0 Å². The molecule has 0 aromatic carbocycles. The van der Waals surface area contributed by atoms with Gasteiger partial charge in [-0.3, -0.25) is 0 Å². The van der Waals surface area contributed by atoms with Gasteiger partial charge in [-0.25, -0.2) is 4.98 Å². The van der Waals surface area contributed by atoms with Crippen molar-refractivity contribution >= 4 is 23.1 Å². The molecule has 1 aromatic heterocycles. The fraction of sp³-hybridized carbons (Fsp3) is 0.600. The van der Waals surface area contributed by atoms with Crippen LogP contribution in [0.2, 0.25) is 5.28 Å². The number of hydrogen-bond donors (Lipinski definition) is 2. The molecule has 0 bridgehead atoms. The van der Waals surface area contributed by atoms with Gasteiger partial charge in [0.25, 0.3) is 0 Å². The molecule has 0 saturated heterocycles. The highest BCUT2D eigenvalue weighted by molar-refractivity contribution is 6.28. The Morgan fingerprint density at radius 1 is 1.62 bits per heavy atom. The Bertz CT molecular complexity index is 366. The Labute approximate surface area is 100 Å². The summed E-state index contributed by atoms with van der Waals surface area (Å²) in [5.41, 5.74) is 6.25. The molecular weight excluding hydrogens is 226 g/mol. The molecule has 5 nitrogen and oxygen atoms in total. The molecule has 3 N–H and O–H groups in total. The number of nitrogens with two attached hydrogens (primary N) is 1. The molecular formula is C10H16ClN5. The van der Waals surface area contributed by atoms with Crippen LogP contribution in [0.15, 0.2) is 6.20 Å². The lowest BCUT2D eigenvalue weighted by Gasteiger charge is -2.16. The van der Waals surface area contributed by atoms with E-state index in [2.05, 4.69) is 27.2 Å². The van der Waals surface area contributed by atoms with Crippen molar-refractivity contribution in [2.45, 2.75) is 18.9 Å². The highest BCUT2D eigenvalue weighted by atomic mass is 35.5. The minimum absolute atomic E-state index is 0.215. The highest BCUT2D eigenvalue weighted by Gasteiger charge is 2.25. The van der Waals surface area contributed by atoms with E-state index in [-0.39, 0.29) is 5.28 Å². The van der Waals surface area contributed by atoms with Crippen LogP contribution >= 0.6 is 11.6 Å². The van der Waals surface area contributed by atoms with Crippen molar-refractivity contribution in [1.82, 2.24) is 14.9 Å². The first kappa shape index (κ1) is 11.4. The zero-order valence-electron chi connectivity index (χ0n) is 9.28. The topological polar surface area (TPSA) is 67.1 Å². The van der Waals surface area contributed by atoms with E-state index in [0.717, 1.165) is 19.1 Å². The van der Waals surface area contributed by atoms with Crippen molar-refractivity contribution < 1.29 is 0 Å². The third kappa shape index (κ3) is 2.96. The van der Waals surface area contributed by atoms with Gasteiger partial charge in [0, 0.05) is 19.1 Å². The van der Waals surface area contributed by atoms with Crippen molar-refractivity contribution in [2.75, 3.05) is 31.2 Å². The summed E-state index contributed by atoms with van der Waals surface area (Å²) in [6.07, 6.45) is 4.15. The quantitative estimate of drug-likeness (QED) is 0.759. The third-order valence-corrected chi connectivity index (χ3v) is 2.90. The van der Waals surface area contributed by atoms with Crippen molar-refractivity contribution in [3.8, 4) is 0 Å². The first-order valence-electron chi connectivity index (χ1n) is 5.39. The first-order chi connectivity index (χ1) is 7.66. The molecule has 88 valence electrons. The van der Waals surface area contributed by atoms with Gasteiger partial charge in [-0.05, 0) is 31.5 Å². The fourth-order valence-electron chi connectivity index (χ4n) is 1.56. The van der Waals surface area contributed by atoms with Crippen molar-refractivity contribution in [3.63, 3.8) is 0 Å². The maximum absolute atomic E-state index is 5.72. The highest BCUT2D eigenvalue weighted by Crippen LogP contribution is 2.24. The molecule has 1 aliphatic rings. The lowest BCUT2D eigenvalue weighted by Crippen LogP contribution is -2.27. The van der Waals surface area contributed by atoms with Crippen molar-refractivity contribution in [2.24, 2.45) is 0 Å². The smallest absolute Gasteiger partial charge is 0.224 e. The molecule has 0 unspecified atom stereocenters. The van der Waals surface area contributed by atoms with E-state index >= 15 is 0 Å². The third-order valence-electron chi connectivity index (χ3n) is 2.71. The van der Waals surface area contributed by atoms with E-state index in [4.69, 9.17) is 17.3 Å². The van der Waals surface area contributed by atoms with Gasteiger partial charge < -0.3 is 16.0 Å². The minimum Gasteiger partial charge on any atom is -0.394 e. The van der Waals surface area contributed by atoms with Gasteiger partial charge in [0.05, 0.1) is 11.9 Å². The number of anilines is 2. The Morgan fingerprint density at radius 3 is 3.06 bits per heavy atom. The van der Waals surface area contributed by atoms with Gasteiger partial charge in [-0.2, -0.15) is 4.98 Å². The van der Waals surface area contributed by atoms with Crippen LogP contribution in [-0.2, 0) is 0 Å². The number of nitrogens with zero attached hydrogens (tertiary/aromatic N) is 3. The molecule has 16 heavy (non-hydrogen) atoms. The SMILES string of the molecule is CN(CCNc1nc(Cl)ncc1N)C1CC1. The van der Waals surface area contributed by atoms with Crippen molar-refractivity contribution in [1.29, 1.82) is 0 Å². The normalized spacial score (nSPS) is 15.4. The minimum atomic E-state index is 0.215. The molecule has 1 aliphatic carbocycles. The second-order valence-corrected chi connectivity index (χ2v) is 4.42. The van der Waals surface area contributed by atoms with E-state index in [0.29, 0.717) is 11.5 Å². The Kier molecular flexibility index (Phi) is 3.46. The summed E-state index contributed by atoms with van der Waals surface area (Å²) < 4.78 is 0. The van der Waals surface area contributed by atoms with Crippen LogP contribution in [-0.4, -0.2) is 41.0 Å². The summed E-state index contributed by atoms with van der Waals surface area (Å²) in [5.74, 6) is 0.615. The summed E-state index contributed by atoms with van der Waals surface area (Å²) in [6.45, 7) is 1.79. The molecule has 1 saturated carbocycles. The monoisotopic (exact) mass is 241 g/mol. The van der Waals surface area contributed by atoms with Crippen molar-refractivity contribution in [3.05, 3.63) is 11.5 Å². The van der Waals surface area contributed by atoms with Crippen LogP contribution in [0, 0.1) is 0 Å². The molecule has 1 fully saturated rings. The van der Waals surface area contributed by atoms with Crippen LogP contribution in [0.1, 0.15) is 12.8 Å². The van der Waals surface area contributed by atoms with E-state index in [9.17, 15) is 0 Å². The number of likely N-dealkylation sites (N-methyl/N-ethyl adjacent to an activating group) is 1. The number of nitrogen functional groups attached to an aromatic ring is 1. The van der Waals surface area contributed by atoms with Gasteiger partial charge in [0.15, 0.2) is 5.82 Å². The lowest BCUT2D eigenvalue weighted by atomic mass is 10.4. The standard InChI is InChI=1S/C10H16ClN5/c1-16(7-2-3-7)5-4-13-9-8(12)6-14-10(11)15-9/h6-7H,2-5,12H2,1H3,(H,13,14,15). The average Bonchev–Trinajstić information content (AvgIpc) is 3.06. The van der Waals surface area contributed by atoms with E-state index in [1.54, 1.807) is 0 Å². The number of nitrogens with one attached hydrogen (secondary N) is 1. The predicted molar refractivity (Wildman–Crippen MR) is 65.6 cm³/mol. The summed E-state index contributed by atoms with van der Waals surface area (Å²) in [7, 11) is 2.13. The second-order valence-electron chi connectivity index (χ2n) is 4.08. The van der Waals surface area contributed by atoms with Gasteiger partial charge in [0.2, 0.25) is 5.28 Å². The fourth-order valence-corrected chi connectivity index (χ4v) is 1.69. The summed E-state index contributed by atoms with van der Waals surface area (Å²) >= 11 is 5.69. The van der Waals surface area contributed by atoms with Gasteiger partial charge >= 0.3 is 0 Å². The summed E-state index contributed by atoms with van der Waals surface area (Å²) in [4.78, 5) is 10.2. The maximum Gasteiger partial charge on any atom is 0.224 e. The van der Waals surface area contributed by atoms with E-state index < -0.39 is 0 Å². The van der Waals surface area contributed by atoms with Crippen LogP contribution in [0.3, 0.4) is 0 Å².